The fourth-order valence-electron chi connectivity index (χ4n) is 3.72. The molecule has 0 fully saturated rings. The number of carbonyl (C=O) groups excluding carboxylic acids is 2. The molecular weight excluding hydrogens is 356 g/mol. The molecule has 0 radical (unpaired) electrons. The molecule has 0 saturated carbocycles. The van der Waals surface area contributed by atoms with Crippen LogP contribution in [0, 0.1) is 0 Å². The molecule has 1 aromatic heterocycles. The molecular formula is C22H16N2O4. The lowest BCUT2D eigenvalue weighted by molar-refractivity contribution is 0.0206. The van der Waals surface area contributed by atoms with Crippen LogP contribution in [0.4, 0.5) is 0 Å². The van der Waals surface area contributed by atoms with E-state index in [1.165, 1.54) is 6.07 Å². The molecule has 2 N–H and O–H groups in total. The average molecular weight is 372 g/mol. The minimum Gasteiger partial charge on any atom is -0.507 e. The van der Waals surface area contributed by atoms with E-state index in [1.807, 2.05) is 54.6 Å². The average Bonchev–Trinajstić information content (AvgIpc) is 3.20. The number of imide groups is 1. The van der Waals surface area contributed by atoms with Gasteiger partial charge in [0.25, 0.3) is 11.8 Å². The van der Waals surface area contributed by atoms with Crippen LogP contribution in [0.1, 0.15) is 26.3 Å². The van der Waals surface area contributed by atoms with Gasteiger partial charge in [-0.15, -0.1) is 0 Å². The Morgan fingerprint density at radius 1 is 0.964 bits per heavy atom. The van der Waals surface area contributed by atoms with Gasteiger partial charge < -0.3 is 14.8 Å². The predicted molar refractivity (Wildman–Crippen MR) is 104 cm³/mol. The summed E-state index contributed by atoms with van der Waals surface area (Å²) in [5, 5.41) is 11.9. The van der Waals surface area contributed by atoms with Crippen LogP contribution < -0.4 is 0 Å². The van der Waals surface area contributed by atoms with E-state index in [2.05, 4.69) is 4.98 Å². The van der Waals surface area contributed by atoms with Gasteiger partial charge in [-0.3, -0.25) is 9.59 Å². The van der Waals surface area contributed by atoms with Crippen LogP contribution in [0.15, 0.2) is 60.7 Å². The number of amides is 2. The molecule has 0 saturated heterocycles. The molecule has 6 heteroatoms. The topological polar surface area (TPSA) is 82.6 Å². The zero-order valence-electron chi connectivity index (χ0n) is 14.8. The second-order valence-electron chi connectivity index (χ2n) is 6.74. The van der Waals surface area contributed by atoms with Crippen LogP contribution >= 0.6 is 0 Å². The Morgan fingerprint density at radius 3 is 2.54 bits per heavy atom. The number of hydrogen-bond donors (Lipinski definition) is 2. The summed E-state index contributed by atoms with van der Waals surface area (Å²) in [6.07, 6.45) is 0. The van der Waals surface area contributed by atoms with E-state index in [1.54, 1.807) is 0 Å². The molecule has 4 aromatic rings. The molecule has 2 amide bonds. The van der Waals surface area contributed by atoms with Gasteiger partial charge in [0.1, 0.15) is 12.5 Å². The summed E-state index contributed by atoms with van der Waals surface area (Å²) in [7, 11) is 0. The van der Waals surface area contributed by atoms with Gasteiger partial charge in [0.15, 0.2) is 0 Å². The molecule has 0 bridgehead atoms. The van der Waals surface area contributed by atoms with Crippen molar-refractivity contribution in [2.75, 3.05) is 6.73 Å². The Labute approximate surface area is 160 Å². The Kier molecular flexibility index (Phi) is 3.67. The van der Waals surface area contributed by atoms with Crippen molar-refractivity contribution in [2.45, 2.75) is 6.61 Å². The van der Waals surface area contributed by atoms with Crippen LogP contribution in [-0.2, 0) is 11.3 Å². The number of aromatic nitrogens is 1. The summed E-state index contributed by atoms with van der Waals surface area (Å²) in [5.41, 5.74) is 2.68. The monoisotopic (exact) mass is 372 g/mol. The number of hydrogen-bond acceptors (Lipinski definition) is 4. The zero-order valence-corrected chi connectivity index (χ0v) is 14.8. The molecule has 0 aliphatic carbocycles. The number of ether oxygens (including phenoxy) is 1. The third kappa shape index (κ3) is 2.39. The van der Waals surface area contributed by atoms with Crippen molar-refractivity contribution in [2.24, 2.45) is 0 Å². The Balaban J connectivity index is 1.51. The molecule has 138 valence electrons. The maximum atomic E-state index is 13.0. The zero-order chi connectivity index (χ0) is 19.3. The van der Waals surface area contributed by atoms with Gasteiger partial charge in [0, 0.05) is 16.3 Å². The highest BCUT2D eigenvalue weighted by Crippen LogP contribution is 2.39. The standard InChI is InChI=1S/C22H16N2O4/c25-17-10-15-19(20-18(17)14-8-4-5-9-16(14)23-20)22(27)24(21(15)26)12-28-11-13-6-2-1-3-7-13/h1-10,23,25H,11-12H2. The first kappa shape index (κ1) is 16.5. The van der Waals surface area contributed by atoms with E-state index in [-0.39, 0.29) is 23.6 Å². The number of H-pyrrole nitrogens is 1. The highest BCUT2D eigenvalue weighted by molar-refractivity contribution is 6.29. The largest absolute Gasteiger partial charge is 0.507 e. The van der Waals surface area contributed by atoms with Crippen molar-refractivity contribution in [3.63, 3.8) is 0 Å². The highest BCUT2D eigenvalue weighted by Gasteiger charge is 2.38. The second kappa shape index (κ2) is 6.21. The summed E-state index contributed by atoms with van der Waals surface area (Å²) < 4.78 is 5.59. The molecule has 1 aliphatic rings. The smallest absolute Gasteiger partial charge is 0.265 e. The Bertz CT molecular complexity index is 1240. The minimum absolute atomic E-state index is 0.0283. The van der Waals surface area contributed by atoms with E-state index in [4.69, 9.17) is 4.74 Å². The number of para-hydroxylation sites is 1. The first-order chi connectivity index (χ1) is 13.6. The molecule has 0 atom stereocenters. The van der Waals surface area contributed by atoms with E-state index < -0.39 is 11.8 Å². The third-order valence-corrected chi connectivity index (χ3v) is 5.03. The van der Waals surface area contributed by atoms with Gasteiger partial charge in [-0.1, -0.05) is 48.5 Å². The van der Waals surface area contributed by atoms with Crippen molar-refractivity contribution < 1.29 is 19.4 Å². The summed E-state index contributed by atoms with van der Waals surface area (Å²) >= 11 is 0. The fourth-order valence-corrected chi connectivity index (χ4v) is 3.72. The fraction of sp³-hybridized carbons (Fsp3) is 0.0909. The third-order valence-electron chi connectivity index (χ3n) is 5.03. The number of fused-ring (bicyclic) bond motifs is 5. The van der Waals surface area contributed by atoms with E-state index in [9.17, 15) is 14.7 Å². The van der Waals surface area contributed by atoms with Crippen molar-refractivity contribution in [3.8, 4) is 5.75 Å². The van der Waals surface area contributed by atoms with E-state index in [0.29, 0.717) is 17.5 Å². The lowest BCUT2D eigenvalue weighted by Gasteiger charge is -2.14. The molecule has 28 heavy (non-hydrogen) atoms. The summed E-state index contributed by atoms with van der Waals surface area (Å²) in [4.78, 5) is 30.0. The van der Waals surface area contributed by atoms with Crippen LogP contribution in [-0.4, -0.2) is 33.5 Å². The lowest BCUT2D eigenvalue weighted by Crippen LogP contribution is -2.32. The number of aromatic hydroxyl groups is 1. The molecule has 0 spiro atoms. The normalized spacial score (nSPS) is 13.6. The second-order valence-corrected chi connectivity index (χ2v) is 6.74. The van der Waals surface area contributed by atoms with Crippen molar-refractivity contribution in [3.05, 3.63) is 77.4 Å². The van der Waals surface area contributed by atoms with Crippen molar-refractivity contribution in [1.82, 2.24) is 9.88 Å². The minimum atomic E-state index is -0.469. The lowest BCUT2D eigenvalue weighted by atomic mass is 10.0. The van der Waals surface area contributed by atoms with Gasteiger partial charge in [-0.25, -0.2) is 4.90 Å². The van der Waals surface area contributed by atoms with E-state index in [0.717, 1.165) is 21.4 Å². The molecule has 5 rings (SSSR count). The summed E-state index contributed by atoms with van der Waals surface area (Å²) in [6, 6.07) is 18.4. The molecule has 0 unspecified atom stereocenters. The number of rotatable bonds is 4. The quantitative estimate of drug-likeness (QED) is 0.534. The van der Waals surface area contributed by atoms with Gasteiger partial charge >= 0.3 is 0 Å². The van der Waals surface area contributed by atoms with Crippen LogP contribution in [0.2, 0.25) is 0 Å². The Hall–Kier alpha value is -3.64. The summed E-state index contributed by atoms with van der Waals surface area (Å²) in [6.45, 7) is 0.144. The van der Waals surface area contributed by atoms with Crippen molar-refractivity contribution in [1.29, 1.82) is 0 Å². The number of phenols is 1. The molecule has 6 nitrogen and oxygen atoms in total. The molecule has 2 heterocycles. The van der Waals surface area contributed by atoms with Crippen molar-refractivity contribution >= 4 is 33.6 Å². The number of nitrogens with one attached hydrogen (secondary N) is 1. The van der Waals surface area contributed by atoms with Crippen LogP contribution in [0.3, 0.4) is 0 Å². The Morgan fingerprint density at radius 2 is 1.71 bits per heavy atom. The number of phenolic OH excluding ortho intramolecular Hbond substituents is 1. The maximum Gasteiger partial charge on any atom is 0.265 e. The van der Waals surface area contributed by atoms with Gasteiger partial charge in [0.05, 0.1) is 23.3 Å². The SMILES string of the molecule is O=C1c2cc(O)c3c([nH]c4ccccc43)c2C(=O)N1COCc1ccccc1. The highest BCUT2D eigenvalue weighted by atomic mass is 16.5. The summed E-state index contributed by atoms with van der Waals surface area (Å²) in [5.74, 6) is -0.923. The van der Waals surface area contributed by atoms with Gasteiger partial charge in [-0.05, 0) is 17.7 Å². The van der Waals surface area contributed by atoms with E-state index >= 15 is 0 Å². The number of nitrogens with zero attached hydrogens (tertiary/aromatic N) is 1. The molecule has 3 aromatic carbocycles. The molecule has 1 aliphatic heterocycles. The first-order valence-electron chi connectivity index (χ1n) is 8.89. The van der Waals surface area contributed by atoms with Crippen LogP contribution in [0.5, 0.6) is 5.75 Å². The number of aromatic amines is 1. The predicted octanol–water partition coefficient (Wildman–Crippen LogP) is 3.80. The van der Waals surface area contributed by atoms with Crippen LogP contribution in [0.25, 0.3) is 21.8 Å². The van der Waals surface area contributed by atoms with Gasteiger partial charge in [-0.2, -0.15) is 0 Å². The maximum absolute atomic E-state index is 13.0. The van der Waals surface area contributed by atoms with Gasteiger partial charge in [0.2, 0.25) is 0 Å². The number of carbonyl (C=O) groups is 2. The first-order valence-corrected chi connectivity index (χ1v) is 8.89. The number of benzene rings is 3.